The summed E-state index contributed by atoms with van der Waals surface area (Å²) in [5, 5.41) is 0. The maximum absolute atomic E-state index is 12.1. The lowest BCUT2D eigenvalue weighted by Gasteiger charge is -2.26. The van der Waals surface area contributed by atoms with Gasteiger partial charge in [0.2, 0.25) is 0 Å². The van der Waals surface area contributed by atoms with Crippen LogP contribution >= 0.6 is 0 Å². The summed E-state index contributed by atoms with van der Waals surface area (Å²) < 4.78 is 40.2. The molecule has 1 aliphatic rings. The van der Waals surface area contributed by atoms with Gasteiger partial charge < -0.3 is 4.74 Å². The molecule has 0 aromatic heterocycles. The Kier molecular flexibility index (Phi) is 8.09. The van der Waals surface area contributed by atoms with Crippen LogP contribution in [0.5, 0.6) is 5.75 Å². The molecular weight excluding hydrogens is 337 g/mol. The van der Waals surface area contributed by atoms with Crippen LogP contribution in [0.2, 0.25) is 0 Å². The third-order valence-corrected chi connectivity index (χ3v) is 4.86. The normalized spacial score (nSPS) is 20.6. The van der Waals surface area contributed by atoms with Gasteiger partial charge in [0.1, 0.15) is 5.75 Å². The summed E-state index contributed by atoms with van der Waals surface area (Å²) >= 11 is 0. The van der Waals surface area contributed by atoms with Crippen molar-refractivity contribution in [3.8, 4) is 17.6 Å². The fraction of sp³-hybridized carbons (Fsp3) is 0.545. The summed E-state index contributed by atoms with van der Waals surface area (Å²) in [6, 6.07) is 5.62. The van der Waals surface area contributed by atoms with E-state index in [1.165, 1.54) is 75.6 Å². The van der Waals surface area contributed by atoms with E-state index in [0.29, 0.717) is 11.5 Å². The molecule has 142 valence electrons. The van der Waals surface area contributed by atoms with Gasteiger partial charge in [-0.2, -0.15) is 0 Å². The zero-order valence-electron chi connectivity index (χ0n) is 15.3. The first-order valence-electron chi connectivity index (χ1n) is 9.50. The molecule has 1 aliphatic carbocycles. The van der Waals surface area contributed by atoms with E-state index >= 15 is 0 Å². The third-order valence-electron chi connectivity index (χ3n) is 4.86. The number of alkyl halides is 3. The molecule has 0 atom stereocenters. The highest BCUT2D eigenvalue weighted by Gasteiger charge is 2.30. The second-order valence-electron chi connectivity index (χ2n) is 6.98. The van der Waals surface area contributed by atoms with Crippen molar-refractivity contribution >= 4 is 0 Å². The average Bonchev–Trinajstić information content (AvgIpc) is 2.60. The molecule has 26 heavy (non-hydrogen) atoms. The Balaban J connectivity index is 1.74. The monoisotopic (exact) mass is 364 g/mol. The zero-order valence-corrected chi connectivity index (χ0v) is 15.3. The fourth-order valence-electron chi connectivity index (χ4n) is 3.40. The van der Waals surface area contributed by atoms with Crippen LogP contribution in [0.3, 0.4) is 0 Å². The predicted molar refractivity (Wildman–Crippen MR) is 98.7 cm³/mol. The van der Waals surface area contributed by atoms with E-state index in [1.54, 1.807) is 0 Å². The van der Waals surface area contributed by atoms with Gasteiger partial charge in [-0.1, -0.05) is 50.5 Å². The summed E-state index contributed by atoms with van der Waals surface area (Å²) in [6.45, 7) is 2.24. The predicted octanol–water partition coefficient (Wildman–Crippen LogP) is 6.88. The van der Waals surface area contributed by atoms with Crippen molar-refractivity contribution in [2.45, 2.75) is 64.7 Å². The number of halogens is 3. The fourth-order valence-corrected chi connectivity index (χ4v) is 3.40. The Hall–Kier alpha value is -1.89. The first kappa shape index (κ1) is 20.4. The molecule has 1 saturated carbocycles. The molecule has 0 radical (unpaired) electrons. The molecule has 1 fully saturated rings. The van der Waals surface area contributed by atoms with Crippen molar-refractivity contribution < 1.29 is 17.9 Å². The van der Waals surface area contributed by atoms with Crippen molar-refractivity contribution in [2.24, 2.45) is 11.8 Å². The van der Waals surface area contributed by atoms with Gasteiger partial charge in [0.25, 0.3) is 0 Å². The Bertz CT molecular complexity index is 612. The summed E-state index contributed by atoms with van der Waals surface area (Å²) in [6.07, 6.45) is 9.85. The number of hydrogen-bond acceptors (Lipinski definition) is 1. The Morgan fingerprint density at radius 1 is 1.08 bits per heavy atom. The van der Waals surface area contributed by atoms with E-state index in [1.807, 2.05) is 6.08 Å². The molecular formula is C22H27F3O. The lowest BCUT2D eigenvalue weighted by Crippen LogP contribution is -2.16. The van der Waals surface area contributed by atoms with E-state index in [4.69, 9.17) is 0 Å². The SMILES string of the molecule is CCCCC[C@H]1CC[C@H](/C=C/C#Cc2ccc(OC(F)(F)F)cc2)CC1. The summed E-state index contributed by atoms with van der Waals surface area (Å²) in [5.41, 5.74) is 0.670. The maximum Gasteiger partial charge on any atom is 0.573 e. The van der Waals surface area contributed by atoms with E-state index in [-0.39, 0.29) is 5.75 Å². The van der Waals surface area contributed by atoms with Gasteiger partial charge in [-0.05, 0) is 67.9 Å². The average molecular weight is 364 g/mol. The summed E-state index contributed by atoms with van der Waals surface area (Å²) in [4.78, 5) is 0. The molecule has 0 bridgehead atoms. The second kappa shape index (κ2) is 10.3. The van der Waals surface area contributed by atoms with E-state index in [0.717, 1.165) is 5.92 Å². The smallest absolute Gasteiger partial charge is 0.406 e. The minimum atomic E-state index is -4.66. The van der Waals surface area contributed by atoms with E-state index < -0.39 is 6.36 Å². The van der Waals surface area contributed by atoms with Crippen molar-refractivity contribution in [2.75, 3.05) is 0 Å². The summed E-state index contributed by atoms with van der Waals surface area (Å²) in [5.74, 6) is 7.20. The lowest BCUT2D eigenvalue weighted by molar-refractivity contribution is -0.274. The van der Waals surface area contributed by atoms with Crippen LogP contribution in [0, 0.1) is 23.7 Å². The van der Waals surface area contributed by atoms with Crippen molar-refractivity contribution in [3.63, 3.8) is 0 Å². The van der Waals surface area contributed by atoms with Crippen LogP contribution in [0.4, 0.5) is 13.2 Å². The Morgan fingerprint density at radius 2 is 1.77 bits per heavy atom. The van der Waals surface area contributed by atoms with Gasteiger partial charge in [0.15, 0.2) is 0 Å². The quantitative estimate of drug-likeness (QED) is 0.395. The molecule has 1 aromatic rings. The van der Waals surface area contributed by atoms with Crippen LogP contribution in [0.15, 0.2) is 36.4 Å². The number of rotatable bonds is 6. The highest BCUT2D eigenvalue weighted by Crippen LogP contribution is 2.32. The number of allylic oxidation sites excluding steroid dienone is 2. The number of ether oxygens (including phenoxy) is 1. The van der Waals surface area contributed by atoms with Crippen LogP contribution in [-0.2, 0) is 0 Å². The first-order chi connectivity index (χ1) is 12.5. The van der Waals surface area contributed by atoms with Gasteiger partial charge in [-0.15, -0.1) is 13.2 Å². The largest absolute Gasteiger partial charge is 0.573 e. The minimum absolute atomic E-state index is 0.228. The lowest BCUT2D eigenvalue weighted by atomic mass is 9.79. The number of benzene rings is 1. The highest BCUT2D eigenvalue weighted by atomic mass is 19.4. The first-order valence-corrected chi connectivity index (χ1v) is 9.50. The Morgan fingerprint density at radius 3 is 2.38 bits per heavy atom. The highest BCUT2D eigenvalue weighted by molar-refractivity contribution is 5.40. The molecule has 0 unspecified atom stereocenters. The number of hydrogen-bond donors (Lipinski definition) is 0. The Labute approximate surface area is 154 Å². The van der Waals surface area contributed by atoms with Crippen LogP contribution < -0.4 is 4.74 Å². The van der Waals surface area contributed by atoms with Gasteiger partial charge in [-0.3, -0.25) is 0 Å². The molecule has 2 rings (SSSR count). The molecule has 0 saturated heterocycles. The molecule has 0 spiro atoms. The summed E-state index contributed by atoms with van der Waals surface area (Å²) in [7, 11) is 0. The molecule has 0 aliphatic heterocycles. The standard InChI is InChI=1S/C22H27F3O/c1-2-3-4-7-18-10-12-19(13-11-18)8-5-6-9-20-14-16-21(17-15-20)26-22(23,24)25/h5,8,14-19H,2-4,7,10-13H2,1H3/b8-5+/t18-,19-. The van der Waals surface area contributed by atoms with Gasteiger partial charge in [-0.25, -0.2) is 0 Å². The van der Waals surface area contributed by atoms with Crippen molar-refractivity contribution in [3.05, 3.63) is 42.0 Å². The van der Waals surface area contributed by atoms with Crippen molar-refractivity contribution in [1.82, 2.24) is 0 Å². The molecule has 0 heterocycles. The molecule has 0 amide bonds. The number of unbranched alkanes of at least 4 members (excludes halogenated alkanes) is 2. The topological polar surface area (TPSA) is 9.23 Å². The minimum Gasteiger partial charge on any atom is -0.406 e. The third kappa shape index (κ3) is 7.99. The molecule has 4 heteroatoms. The second-order valence-corrected chi connectivity index (χ2v) is 6.98. The van der Waals surface area contributed by atoms with Gasteiger partial charge in [0, 0.05) is 5.56 Å². The maximum atomic E-state index is 12.1. The van der Waals surface area contributed by atoms with Crippen LogP contribution in [0.25, 0.3) is 0 Å². The van der Waals surface area contributed by atoms with Gasteiger partial charge >= 0.3 is 6.36 Å². The van der Waals surface area contributed by atoms with Crippen LogP contribution in [0.1, 0.15) is 63.9 Å². The van der Waals surface area contributed by atoms with E-state index in [2.05, 4.69) is 29.6 Å². The van der Waals surface area contributed by atoms with Crippen LogP contribution in [-0.4, -0.2) is 6.36 Å². The molecule has 1 nitrogen and oxygen atoms in total. The molecule has 0 N–H and O–H groups in total. The van der Waals surface area contributed by atoms with Gasteiger partial charge in [0.05, 0.1) is 0 Å². The molecule has 1 aromatic carbocycles. The van der Waals surface area contributed by atoms with Crippen molar-refractivity contribution in [1.29, 1.82) is 0 Å². The zero-order chi connectivity index (χ0) is 18.8. The van der Waals surface area contributed by atoms with E-state index in [9.17, 15) is 13.2 Å².